The molecule has 1 aliphatic heterocycles. The van der Waals surface area contributed by atoms with Crippen molar-refractivity contribution in [3.05, 3.63) is 101 Å². The Hall–Kier alpha value is -3.11. The number of hydrogen-bond acceptors (Lipinski definition) is 2. The number of benzene rings is 3. The predicted molar refractivity (Wildman–Crippen MR) is 128 cm³/mol. The highest BCUT2D eigenvalue weighted by Gasteiger charge is 2.29. The Morgan fingerprint density at radius 2 is 1.52 bits per heavy atom. The molecule has 1 fully saturated rings. The van der Waals surface area contributed by atoms with E-state index in [1.54, 1.807) is 0 Å². The summed E-state index contributed by atoms with van der Waals surface area (Å²) in [5, 5.41) is 3.04. The Labute approximate surface area is 185 Å². The van der Waals surface area contributed by atoms with Crippen molar-refractivity contribution in [2.45, 2.75) is 26.8 Å². The highest BCUT2D eigenvalue weighted by Crippen LogP contribution is 2.32. The fourth-order valence-corrected chi connectivity index (χ4v) is 4.39. The summed E-state index contributed by atoms with van der Waals surface area (Å²) < 4.78 is 0. The monoisotopic (exact) mass is 413 g/mol. The van der Waals surface area contributed by atoms with Gasteiger partial charge in [-0.3, -0.25) is 4.90 Å². The van der Waals surface area contributed by atoms with E-state index >= 15 is 0 Å². The van der Waals surface area contributed by atoms with Crippen LogP contribution in [-0.2, 0) is 0 Å². The molecule has 1 N–H and O–H groups in total. The summed E-state index contributed by atoms with van der Waals surface area (Å²) in [7, 11) is 0. The van der Waals surface area contributed by atoms with Crippen LogP contribution in [0.3, 0.4) is 0 Å². The first-order chi connectivity index (χ1) is 15.0. The quantitative estimate of drug-likeness (QED) is 0.609. The lowest BCUT2D eigenvalue weighted by atomic mass is 9.92. The molecule has 4 rings (SSSR count). The van der Waals surface area contributed by atoms with E-state index in [2.05, 4.69) is 72.6 Å². The van der Waals surface area contributed by atoms with E-state index in [4.69, 9.17) is 0 Å². The molecule has 3 aromatic rings. The number of nitrogens with one attached hydrogen (secondary N) is 1. The molecule has 4 nitrogen and oxygen atoms in total. The highest BCUT2D eigenvalue weighted by molar-refractivity contribution is 5.89. The zero-order valence-corrected chi connectivity index (χ0v) is 18.6. The maximum Gasteiger partial charge on any atom is 0.321 e. The van der Waals surface area contributed by atoms with E-state index in [1.165, 1.54) is 22.3 Å². The van der Waals surface area contributed by atoms with Crippen molar-refractivity contribution in [2.24, 2.45) is 0 Å². The van der Waals surface area contributed by atoms with E-state index < -0.39 is 0 Å². The average Bonchev–Trinajstić information content (AvgIpc) is 2.77. The summed E-state index contributed by atoms with van der Waals surface area (Å²) in [6, 6.07) is 25.5. The molecule has 4 heteroatoms. The normalized spacial score (nSPS) is 15.5. The molecule has 1 heterocycles. The van der Waals surface area contributed by atoms with Gasteiger partial charge in [0.15, 0.2) is 0 Å². The largest absolute Gasteiger partial charge is 0.322 e. The number of carbonyl (C=O) groups excluding carboxylic acids is 1. The van der Waals surface area contributed by atoms with Gasteiger partial charge in [-0.25, -0.2) is 4.79 Å². The second kappa shape index (κ2) is 9.36. The van der Waals surface area contributed by atoms with Gasteiger partial charge in [-0.2, -0.15) is 0 Å². The SMILES string of the molecule is Cc1cccc(NC(=O)N2CCN(C(c3ccccc3)c3cc(C)ccc3C)CC2)c1. The third-order valence-corrected chi connectivity index (χ3v) is 6.08. The molecule has 3 aromatic carbocycles. The van der Waals surface area contributed by atoms with Crippen LogP contribution in [0.25, 0.3) is 0 Å². The maximum atomic E-state index is 12.8. The number of nitrogens with zero attached hydrogens (tertiary/aromatic N) is 2. The first-order valence-electron chi connectivity index (χ1n) is 11.0. The zero-order valence-electron chi connectivity index (χ0n) is 18.6. The lowest BCUT2D eigenvalue weighted by Crippen LogP contribution is -2.51. The number of carbonyl (C=O) groups is 1. The molecule has 1 atom stereocenters. The third-order valence-electron chi connectivity index (χ3n) is 6.08. The van der Waals surface area contributed by atoms with Crippen molar-refractivity contribution in [1.82, 2.24) is 9.80 Å². The Morgan fingerprint density at radius 3 is 2.23 bits per heavy atom. The van der Waals surface area contributed by atoms with Gasteiger partial charge in [0.1, 0.15) is 0 Å². The van der Waals surface area contributed by atoms with Crippen molar-refractivity contribution in [3.8, 4) is 0 Å². The van der Waals surface area contributed by atoms with Crippen LogP contribution in [-0.4, -0.2) is 42.0 Å². The van der Waals surface area contributed by atoms with Crippen LogP contribution >= 0.6 is 0 Å². The molecule has 0 aromatic heterocycles. The highest BCUT2D eigenvalue weighted by atomic mass is 16.2. The fourth-order valence-electron chi connectivity index (χ4n) is 4.39. The minimum atomic E-state index is -0.0201. The topological polar surface area (TPSA) is 35.6 Å². The predicted octanol–water partition coefficient (Wildman–Crippen LogP) is 5.55. The number of hydrogen-bond donors (Lipinski definition) is 1. The molecule has 31 heavy (non-hydrogen) atoms. The second-order valence-electron chi connectivity index (χ2n) is 8.50. The van der Waals surface area contributed by atoms with E-state index in [0.717, 1.165) is 24.3 Å². The van der Waals surface area contributed by atoms with Gasteiger partial charge in [-0.15, -0.1) is 0 Å². The summed E-state index contributed by atoms with van der Waals surface area (Å²) in [6.45, 7) is 9.49. The molecule has 0 bridgehead atoms. The molecular formula is C27H31N3O. The van der Waals surface area contributed by atoms with E-state index in [9.17, 15) is 4.79 Å². The van der Waals surface area contributed by atoms with Crippen molar-refractivity contribution in [3.63, 3.8) is 0 Å². The second-order valence-corrected chi connectivity index (χ2v) is 8.50. The molecule has 1 saturated heterocycles. The van der Waals surface area contributed by atoms with E-state index in [-0.39, 0.29) is 12.1 Å². The zero-order chi connectivity index (χ0) is 21.8. The maximum absolute atomic E-state index is 12.8. The van der Waals surface area contributed by atoms with Gasteiger partial charge in [-0.05, 0) is 55.2 Å². The first kappa shape index (κ1) is 21.1. The van der Waals surface area contributed by atoms with Gasteiger partial charge in [0.2, 0.25) is 0 Å². The molecule has 0 saturated carbocycles. The van der Waals surface area contributed by atoms with Crippen LogP contribution in [0.5, 0.6) is 0 Å². The van der Waals surface area contributed by atoms with Crippen LogP contribution in [0, 0.1) is 20.8 Å². The van der Waals surface area contributed by atoms with Crippen molar-refractivity contribution in [1.29, 1.82) is 0 Å². The lowest BCUT2D eigenvalue weighted by molar-refractivity contribution is 0.126. The molecule has 0 spiro atoms. The molecule has 0 radical (unpaired) electrons. The third kappa shape index (κ3) is 4.97. The van der Waals surface area contributed by atoms with Crippen molar-refractivity contribution in [2.75, 3.05) is 31.5 Å². The summed E-state index contributed by atoms with van der Waals surface area (Å²) in [4.78, 5) is 17.2. The minimum absolute atomic E-state index is 0.0201. The average molecular weight is 414 g/mol. The summed E-state index contributed by atoms with van der Waals surface area (Å²) in [6.07, 6.45) is 0. The van der Waals surface area contributed by atoms with E-state index in [0.29, 0.717) is 13.1 Å². The molecular weight excluding hydrogens is 382 g/mol. The summed E-state index contributed by atoms with van der Waals surface area (Å²) in [5.41, 5.74) is 7.22. The Balaban J connectivity index is 1.50. The molecule has 1 aliphatic rings. The van der Waals surface area contributed by atoms with Gasteiger partial charge >= 0.3 is 6.03 Å². The summed E-state index contributed by atoms with van der Waals surface area (Å²) in [5.74, 6) is 0. The Bertz CT molecular complexity index is 1040. The van der Waals surface area contributed by atoms with Crippen LogP contribution < -0.4 is 5.32 Å². The van der Waals surface area contributed by atoms with Gasteiger partial charge in [0.05, 0.1) is 6.04 Å². The van der Waals surface area contributed by atoms with Crippen molar-refractivity contribution < 1.29 is 4.79 Å². The van der Waals surface area contributed by atoms with Gasteiger partial charge < -0.3 is 10.2 Å². The fraction of sp³-hybridized carbons (Fsp3) is 0.296. The number of urea groups is 1. The van der Waals surface area contributed by atoms with Crippen LogP contribution in [0.15, 0.2) is 72.8 Å². The molecule has 160 valence electrons. The number of aryl methyl sites for hydroxylation is 3. The van der Waals surface area contributed by atoms with Crippen LogP contribution in [0.4, 0.5) is 10.5 Å². The van der Waals surface area contributed by atoms with Crippen molar-refractivity contribution >= 4 is 11.7 Å². The number of piperazine rings is 1. The van der Waals surface area contributed by atoms with Gasteiger partial charge in [0.25, 0.3) is 0 Å². The standard InChI is InChI=1S/C27H31N3O/c1-20-8-7-11-24(18-20)28-27(31)30-16-14-29(15-17-30)26(23-9-5-4-6-10-23)25-19-21(2)12-13-22(25)3/h4-13,18-19,26H,14-17H2,1-3H3,(H,28,31). The Kier molecular flexibility index (Phi) is 6.38. The minimum Gasteiger partial charge on any atom is -0.322 e. The smallest absolute Gasteiger partial charge is 0.321 e. The van der Waals surface area contributed by atoms with Crippen LogP contribution in [0.2, 0.25) is 0 Å². The lowest BCUT2D eigenvalue weighted by Gasteiger charge is -2.40. The molecule has 2 amide bonds. The summed E-state index contributed by atoms with van der Waals surface area (Å²) >= 11 is 0. The number of anilines is 1. The van der Waals surface area contributed by atoms with Gasteiger partial charge in [0, 0.05) is 31.9 Å². The molecule has 1 unspecified atom stereocenters. The van der Waals surface area contributed by atoms with Crippen LogP contribution in [0.1, 0.15) is 33.9 Å². The number of rotatable bonds is 4. The van der Waals surface area contributed by atoms with E-state index in [1.807, 2.05) is 36.1 Å². The molecule has 0 aliphatic carbocycles. The number of amides is 2. The Morgan fingerprint density at radius 1 is 0.806 bits per heavy atom. The first-order valence-corrected chi connectivity index (χ1v) is 11.0. The van der Waals surface area contributed by atoms with Gasteiger partial charge in [-0.1, -0.05) is 66.2 Å².